The Balaban J connectivity index is 2.24. The first-order chi connectivity index (χ1) is 11.0. The Morgan fingerprint density at radius 2 is 2.00 bits per heavy atom. The zero-order valence-electron chi connectivity index (χ0n) is 13.7. The van der Waals surface area contributed by atoms with Crippen molar-refractivity contribution in [3.63, 3.8) is 0 Å². The molecule has 0 aliphatic rings. The van der Waals surface area contributed by atoms with Crippen LogP contribution in [0.2, 0.25) is 0 Å². The Labute approximate surface area is 135 Å². The first-order valence-corrected chi connectivity index (χ1v) is 7.71. The summed E-state index contributed by atoms with van der Waals surface area (Å²) in [4.78, 5) is 24.8. The van der Waals surface area contributed by atoms with E-state index in [4.69, 9.17) is 4.74 Å². The van der Waals surface area contributed by atoms with E-state index in [1.54, 1.807) is 24.6 Å². The number of hydrogen-bond donors (Lipinski definition) is 1. The standard InChI is InChI=1S/C17H22N2O4/c1-4-19(9-8-16(20)23-5-2)13-6-7-14-12(10-13)11-15(17(21)22)18(14)3/h6-7,10-11H,4-5,8-9H2,1-3H3,(H,21,22). The summed E-state index contributed by atoms with van der Waals surface area (Å²) in [6.45, 7) is 5.52. The van der Waals surface area contributed by atoms with Crippen molar-refractivity contribution in [3.05, 3.63) is 30.0 Å². The van der Waals surface area contributed by atoms with Gasteiger partial charge in [-0.05, 0) is 38.1 Å². The molecule has 0 radical (unpaired) electrons. The van der Waals surface area contributed by atoms with Crippen molar-refractivity contribution in [2.75, 3.05) is 24.6 Å². The minimum absolute atomic E-state index is 0.208. The number of carbonyl (C=O) groups excluding carboxylic acids is 1. The summed E-state index contributed by atoms with van der Waals surface area (Å²) in [6.07, 6.45) is 0.328. The van der Waals surface area contributed by atoms with E-state index in [2.05, 4.69) is 4.90 Å². The molecule has 0 unspecified atom stereocenters. The number of anilines is 1. The number of rotatable bonds is 7. The minimum Gasteiger partial charge on any atom is -0.477 e. The van der Waals surface area contributed by atoms with Crippen LogP contribution in [0.3, 0.4) is 0 Å². The molecule has 124 valence electrons. The van der Waals surface area contributed by atoms with Crippen molar-refractivity contribution in [1.29, 1.82) is 0 Å². The molecule has 0 saturated carbocycles. The van der Waals surface area contributed by atoms with Gasteiger partial charge in [-0.15, -0.1) is 0 Å². The molecule has 1 heterocycles. The zero-order chi connectivity index (χ0) is 17.0. The maximum atomic E-state index is 11.5. The normalized spacial score (nSPS) is 10.7. The highest BCUT2D eigenvalue weighted by Gasteiger charge is 2.14. The lowest BCUT2D eigenvalue weighted by Gasteiger charge is -2.22. The van der Waals surface area contributed by atoms with Crippen LogP contribution in [0.25, 0.3) is 10.9 Å². The molecule has 0 bridgehead atoms. The second-order valence-corrected chi connectivity index (χ2v) is 5.27. The number of carboxylic acids is 1. The highest BCUT2D eigenvalue weighted by molar-refractivity contribution is 5.95. The summed E-state index contributed by atoms with van der Waals surface area (Å²) in [5.41, 5.74) is 2.09. The van der Waals surface area contributed by atoms with Crippen LogP contribution in [0.1, 0.15) is 30.8 Å². The summed E-state index contributed by atoms with van der Waals surface area (Å²) in [6, 6.07) is 7.48. The van der Waals surface area contributed by atoms with Crippen LogP contribution < -0.4 is 4.90 Å². The highest BCUT2D eigenvalue weighted by Crippen LogP contribution is 2.25. The summed E-state index contributed by atoms with van der Waals surface area (Å²) in [5.74, 6) is -1.15. The third-order valence-electron chi connectivity index (χ3n) is 3.88. The van der Waals surface area contributed by atoms with Crippen LogP contribution in [0, 0.1) is 0 Å². The monoisotopic (exact) mass is 318 g/mol. The molecule has 23 heavy (non-hydrogen) atoms. The summed E-state index contributed by atoms with van der Waals surface area (Å²) in [7, 11) is 1.74. The lowest BCUT2D eigenvalue weighted by Crippen LogP contribution is -2.26. The number of ether oxygens (including phenoxy) is 1. The number of fused-ring (bicyclic) bond motifs is 1. The fraction of sp³-hybridized carbons (Fsp3) is 0.412. The van der Waals surface area contributed by atoms with Gasteiger partial charge < -0.3 is 19.3 Å². The van der Waals surface area contributed by atoms with Gasteiger partial charge in [0.25, 0.3) is 0 Å². The van der Waals surface area contributed by atoms with Gasteiger partial charge in [0.05, 0.1) is 13.0 Å². The molecule has 6 heteroatoms. The van der Waals surface area contributed by atoms with Gasteiger partial charge in [-0.25, -0.2) is 4.79 Å². The third-order valence-corrected chi connectivity index (χ3v) is 3.88. The van der Waals surface area contributed by atoms with Gasteiger partial charge in [0.1, 0.15) is 5.69 Å². The van der Waals surface area contributed by atoms with Crippen molar-refractivity contribution in [3.8, 4) is 0 Å². The highest BCUT2D eigenvalue weighted by atomic mass is 16.5. The van der Waals surface area contributed by atoms with Gasteiger partial charge in [-0.2, -0.15) is 0 Å². The quantitative estimate of drug-likeness (QED) is 0.795. The van der Waals surface area contributed by atoms with Gasteiger partial charge in [-0.1, -0.05) is 0 Å². The number of carbonyl (C=O) groups is 2. The average molecular weight is 318 g/mol. The topological polar surface area (TPSA) is 71.8 Å². The van der Waals surface area contributed by atoms with Gasteiger partial charge in [0.2, 0.25) is 0 Å². The van der Waals surface area contributed by atoms with Gasteiger partial charge in [0, 0.05) is 36.7 Å². The first-order valence-electron chi connectivity index (χ1n) is 7.71. The molecule has 0 amide bonds. The Morgan fingerprint density at radius 3 is 2.61 bits per heavy atom. The Morgan fingerprint density at radius 1 is 1.26 bits per heavy atom. The number of nitrogens with zero attached hydrogens (tertiary/aromatic N) is 2. The molecule has 2 rings (SSSR count). The molecule has 6 nitrogen and oxygen atoms in total. The Kier molecular flexibility index (Phi) is 5.26. The number of carboxylic acid groups (broad SMARTS) is 1. The van der Waals surface area contributed by atoms with E-state index >= 15 is 0 Å². The molecule has 0 fully saturated rings. The average Bonchev–Trinajstić information content (AvgIpc) is 2.85. The van der Waals surface area contributed by atoms with Crippen LogP contribution in [-0.4, -0.2) is 41.3 Å². The molecule has 0 aliphatic carbocycles. The summed E-state index contributed by atoms with van der Waals surface area (Å²) >= 11 is 0. The van der Waals surface area contributed by atoms with Crippen LogP contribution >= 0.6 is 0 Å². The van der Waals surface area contributed by atoms with Crippen molar-refractivity contribution in [1.82, 2.24) is 4.57 Å². The van der Waals surface area contributed by atoms with Crippen LogP contribution in [0.4, 0.5) is 5.69 Å². The molecule has 0 atom stereocenters. The van der Waals surface area contributed by atoms with E-state index in [0.29, 0.717) is 19.6 Å². The van der Waals surface area contributed by atoms with E-state index in [0.717, 1.165) is 23.1 Å². The predicted molar refractivity (Wildman–Crippen MR) is 89.0 cm³/mol. The van der Waals surface area contributed by atoms with Crippen LogP contribution in [-0.2, 0) is 16.6 Å². The third kappa shape index (κ3) is 3.64. The van der Waals surface area contributed by atoms with E-state index in [9.17, 15) is 14.7 Å². The largest absolute Gasteiger partial charge is 0.477 e. The number of benzene rings is 1. The maximum Gasteiger partial charge on any atom is 0.352 e. The van der Waals surface area contributed by atoms with Gasteiger partial charge >= 0.3 is 11.9 Å². The van der Waals surface area contributed by atoms with Crippen molar-refractivity contribution >= 4 is 28.5 Å². The number of esters is 1. The fourth-order valence-corrected chi connectivity index (χ4v) is 2.67. The Bertz CT molecular complexity index is 721. The molecule has 2 aromatic rings. The molecule has 0 spiro atoms. The minimum atomic E-state index is -0.945. The molecular formula is C17H22N2O4. The second-order valence-electron chi connectivity index (χ2n) is 5.27. The maximum absolute atomic E-state index is 11.5. The van der Waals surface area contributed by atoms with Crippen molar-refractivity contribution in [2.24, 2.45) is 7.05 Å². The number of hydrogen-bond acceptors (Lipinski definition) is 4. The van der Waals surface area contributed by atoms with E-state index in [1.807, 2.05) is 25.1 Å². The smallest absolute Gasteiger partial charge is 0.352 e. The Hall–Kier alpha value is -2.50. The summed E-state index contributed by atoms with van der Waals surface area (Å²) in [5, 5.41) is 10.1. The van der Waals surface area contributed by atoms with Gasteiger partial charge in [0.15, 0.2) is 0 Å². The lowest BCUT2D eigenvalue weighted by atomic mass is 10.2. The second kappa shape index (κ2) is 7.17. The van der Waals surface area contributed by atoms with Crippen molar-refractivity contribution < 1.29 is 19.4 Å². The zero-order valence-corrected chi connectivity index (χ0v) is 13.7. The summed E-state index contributed by atoms with van der Waals surface area (Å²) < 4.78 is 6.62. The number of aryl methyl sites for hydroxylation is 1. The number of aromatic nitrogens is 1. The molecule has 0 saturated heterocycles. The molecule has 1 N–H and O–H groups in total. The fourth-order valence-electron chi connectivity index (χ4n) is 2.67. The lowest BCUT2D eigenvalue weighted by molar-refractivity contribution is -0.142. The van der Waals surface area contributed by atoms with E-state index < -0.39 is 5.97 Å². The molecule has 1 aromatic heterocycles. The molecular weight excluding hydrogens is 296 g/mol. The molecule has 0 aliphatic heterocycles. The number of aromatic carboxylic acids is 1. The first kappa shape index (κ1) is 16.9. The van der Waals surface area contributed by atoms with E-state index in [1.165, 1.54) is 0 Å². The van der Waals surface area contributed by atoms with E-state index in [-0.39, 0.29) is 11.7 Å². The van der Waals surface area contributed by atoms with Crippen LogP contribution in [0.15, 0.2) is 24.3 Å². The van der Waals surface area contributed by atoms with Crippen LogP contribution in [0.5, 0.6) is 0 Å². The van der Waals surface area contributed by atoms with Crippen molar-refractivity contribution in [2.45, 2.75) is 20.3 Å². The predicted octanol–water partition coefficient (Wildman–Crippen LogP) is 2.66. The molecule has 1 aromatic carbocycles. The SMILES string of the molecule is CCOC(=O)CCN(CC)c1ccc2c(c1)cc(C(=O)O)n2C. The van der Waals surface area contributed by atoms with Gasteiger partial charge in [-0.3, -0.25) is 4.79 Å².